The molecule has 3 atom stereocenters. The first kappa shape index (κ1) is 24.4. The lowest BCUT2D eigenvalue weighted by Gasteiger charge is -2.22. The lowest BCUT2D eigenvalue weighted by molar-refractivity contribution is 0.0956. The van der Waals surface area contributed by atoms with Gasteiger partial charge in [-0.05, 0) is 88.1 Å². The lowest BCUT2D eigenvalue weighted by Crippen LogP contribution is -2.34. The number of carbonyl (C=O) groups excluding carboxylic acids is 1. The van der Waals surface area contributed by atoms with E-state index < -0.39 is 0 Å². The van der Waals surface area contributed by atoms with Crippen LogP contribution in [-0.2, 0) is 6.54 Å². The summed E-state index contributed by atoms with van der Waals surface area (Å²) >= 11 is 0. The maximum absolute atomic E-state index is 13.0. The van der Waals surface area contributed by atoms with E-state index in [4.69, 9.17) is 0 Å². The predicted molar refractivity (Wildman–Crippen MR) is 149 cm³/mol. The summed E-state index contributed by atoms with van der Waals surface area (Å²) in [6.45, 7) is 7.17. The summed E-state index contributed by atoms with van der Waals surface area (Å²) in [4.78, 5) is 35.1. The van der Waals surface area contributed by atoms with Gasteiger partial charge in [0.25, 0.3) is 11.5 Å². The van der Waals surface area contributed by atoms with E-state index in [2.05, 4.69) is 45.5 Å². The number of nitrogens with zero attached hydrogens (tertiary/aromatic N) is 4. The van der Waals surface area contributed by atoms with Crippen LogP contribution in [0, 0.1) is 36.5 Å². The molecule has 1 aromatic carbocycles. The predicted octanol–water partition coefficient (Wildman–Crippen LogP) is 4.85. The van der Waals surface area contributed by atoms with Gasteiger partial charge in [-0.1, -0.05) is 18.3 Å². The minimum atomic E-state index is -0.382. The third kappa shape index (κ3) is 4.38. The van der Waals surface area contributed by atoms with E-state index >= 15 is 0 Å². The lowest BCUT2D eigenvalue weighted by atomic mass is 9.89. The van der Waals surface area contributed by atoms with E-state index in [0.29, 0.717) is 12.5 Å². The first-order valence-corrected chi connectivity index (χ1v) is 13.6. The quantitative estimate of drug-likeness (QED) is 0.392. The third-order valence-electron chi connectivity index (χ3n) is 8.36. The molecule has 2 bridgehead atoms. The van der Waals surface area contributed by atoms with Crippen LogP contribution in [0.4, 0.5) is 0 Å². The van der Waals surface area contributed by atoms with Crippen LogP contribution in [0.1, 0.15) is 67.3 Å². The molecule has 6 rings (SSSR count). The van der Waals surface area contributed by atoms with Crippen molar-refractivity contribution in [2.24, 2.45) is 17.8 Å². The average Bonchev–Trinajstić information content (AvgIpc) is 3.61. The summed E-state index contributed by atoms with van der Waals surface area (Å²) in [6, 6.07) is 9.60. The van der Waals surface area contributed by atoms with E-state index in [0.717, 1.165) is 45.2 Å². The van der Waals surface area contributed by atoms with Crippen LogP contribution in [0.3, 0.4) is 0 Å². The van der Waals surface area contributed by atoms with Crippen molar-refractivity contribution in [3.63, 3.8) is 0 Å². The van der Waals surface area contributed by atoms with Gasteiger partial charge in [0.15, 0.2) is 0 Å². The van der Waals surface area contributed by atoms with Gasteiger partial charge in [0.2, 0.25) is 0 Å². The normalized spacial score (nSPS) is 20.3. The number of rotatable bonds is 5. The van der Waals surface area contributed by atoms with E-state index in [1.54, 1.807) is 16.7 Å². The zero-order valence-electron chi connectivity index (χ0n) is 22.2. The summed E-state index contributed by atoms with van der Waals surface area (Å²) in [5.41, 5.74) is 3.62. The summed E-state index contributed by atoms with van der Waals surface area (Å²) in [5.74, 6) is 8.87. The van der Waals surface area contributed by atoms with Crippen molar-refractivity contribution in [2.45, 2.75) is 59.0 Å². The number of nitrogens with one attached hydrogen (secondary N) is 1. The van der Waals surface area contributed by atoms with Gasteiger partial charge < -0.3 is 14.5 Å². The highest BCUT2D eigenvalue weighted by Crippen LogP contribution is 2.48. The van der Waals surface area contributed by atoms with Crippen molar-refractivity contribution in [1.82, 2.24) is 24.4 Å². The summed E-state index contributed by atoms with van der Waals surface area (Å²) in [7, 11) is 0. The van der Waals surface area contributed by atoms with Gasteiger partial charge in [-0.25, -0.2) is 4.98 Å². The molecular formula is C31H33N5O2. The molecule has 4 aromatic rings. The van der Waals surface area contributed by atoms with E-state index in [1.807, 2.05) is 37.5 Å². The van der Waals surface area contributed by atoms with E-state index in [-0.39, 0.29) is 29.6 Å². The second kappa shape index (κ2) is 9.75. The number of amides is 1. The van der Waals surface area contributed by atoms with Crippen LogP contribution in [0.5, 0.6) is 0 Å². The molecule has 0 saturated heterocycles. The first-order valence-electron chi connectivity index (χ1n) is 13.6. The molecule has 3 heterocycles. The van der Waals surface area contributed by atoms with Crippen molar-refractivity contribution in [3.8, 4) is 11.8 Å². The smallest absolute Gasteiger partial charge is 0.263 e. The van der Waals surface area contributed by atoms with E-state index in [9.17, 15) is 9.59 Å². The molecule has 7 nitrogen and oxygen atoms in total. The molecule has 38 heavy (non-hydrogen) atoms. The van der Waals surface area contributed by atoms with Gasteiger partial charge in [0, 0.05) is 29.7 Å². The van der Waals surface area contributed by atoms with Crippen LogP contribution >= 0.6 is 0 Å². The molecule has 7 heteroatoms. The number of aromatic nitrogens is 4. The highest BCUT2D eigenvalue weighted by Gasteiger charge is 2.39. The van der Waals surface area contributed by atoms with Gasteiger partial charge in [-0.2, -0.15) is 0 Å². The fourth-order valence-corrected chi connectivity index (χ4v) is 6.67. The Hall–Kier alpha value is -3.92. The first-order chi connectivity index (χ1) is 18.4. The monoisotopic (exact) mass is 507 g/mol. The van der Waals surface area contributed by atoms with E-state index in [1.165, 1.54) is 25.7 Å². The molecule has 2 aliphatic rings. The van der Waals surface area contributed by atoms with Crippen molar-refractivity contribution < 1.29 is 4.79 Å². The number of hydrogen-bond donors (Lipinski definition) is 1. The molecule has 2 aliphatic carbocycles. The van der Waals surface area contributed by atoms with Crippen LogP contribution in [-0.4, -0.2) is 31.6 Å². The van der Waals surface area contributed by atoms with Gasteiger partial charge >= 0.3 is 0 Å². The molecule has 0 radical (unpaired) electrons. The van der Waals surface area contributed by atoms with Crippen LogP contribution in [0.15, 0.2) is 47.5 Å². The molecule has 2 saturated carbocycles. The minimum absolute atomic E-state index is 0.156. The topological polar surface area (TPSA) is 81.8 Å². The number of aryl methyl sites for hydroxylation is 1. The summed E-state index contributed by atoms with van der Waals surface area (Å²) in [5, 5.41) is 3.81. The zero-order chi connectivity index (χ0) is 26.4. The van der Waals surface area contributed by atoms with Gasteiger partial charge in [0.1, 0.15) is 16.9 Å². The Morgan fingerprint density at radius 3 is 2.82 bits per heavy atom. The van der Waals surface area contributed by atoms with Crippen molar-refractivity contribution >= 4 is 27.8 Å². The molecule has 0 aliphatic heterocycles. The molecule has 0 spiro atoms. The van der Waals surface area contributed by atoms with Crippen molar-refractivity contribution in [2.75, 3.05) is 6.54 Å². The molecule has 1 N–H and O–H groups in total. The highest BCUT2D eigenvalue weighted by atomic mass is 16.2. The second-order valence-electron chi connectivity index (χ2n) is 11.1. The Bertz CT molecular complexity index is 1670. The van der Waals surface area contributed by atoms with Crippen molar-refractivity contribution in [3.05, 3.63) is 70.0 Å². The van der Waals surface area contributed by atoms with Gasteiger partial charge in [-0.3, -0.25) is 14.6 Å². The summed E-state index contributed by atoms with van der Waals surface area (Å²) in [6.07, 6.45) is 8.75. The molecule has 2 fully saturated rings. The zero-order valence-corrected chi connectivity index (χ0v) is 22.2. The third-order valence-corrected chi connectivity index (χ3v) is 8.36. The molecular weight excluding hydrogens is 474 g/mol. The standard InChI is InChI=1S/C31H33N5O2/c1-19(2)36-20(3)34-28-17-33-27-11-9-21(16-26(27)29(28)36)6-4-12-32-30(37)25-7-5-13-35(31(25)38)18-24-15-22-8-10-23(24)14-22/h5,7,9,11,13,16-17,19,22-24H,8,10,12,14-15,18H2,1-3H3,(H,32,37)/t22-,23+,24?/m0/s1. The Labute approximate surface area is 222 Å². The number of carbonyl (C=O) groups is 1. The van der Waals surface area contributed by atoms with Gasteiger partial charge in [0.05, 0.1) is 23.8 Å². The Kier molecular flexibility index (Phi) is 6.27. The van der Waals surface area contributed by atoms with Crippen LogP contribution in [0.25, 0.3) is 21.9 Å². The number of hydrogen-bond acceptors (Lipinski definition) is 4. The highest BCUT2D eigenvalue weighted by molar-refractivity contribution is 6.03. The Morgan fingerprint density at radius 2 is 2.05 bits per heavy atom. The SMILES string of the molecule is Cc1nc2cnc3ccc(C#CCNC(=O)c4cccn(CC5C[C@H]6CC[C@@H]5C6)c4=O)cc3c2n1C(C)C. The Morgan fingerprint density at radius 1 is 1.18 bits per heavy atom. The van der Waals surface area contributed by atoms with Gasteiger partial charge in [-0.15, -0.1) is 0 Å². The fourth-order valence-electron chi connectivity index (χ4n) is 6.67. The largest absolute Gasteiger partial charge is 0.341 e. The Balaban J connectivity index is 1.17. The van der Waals surface area contributed by atoms with Crippen molar-refractivity contribution in [1.29, 1.82) is 0 Å². The maximum atomic E-state index is 13.0. The summed E-state index contributed by atoms with van der Waals surface area (Å²) < 4.78 is 3.94. The minimum Gasteiger partial charge on any atom is -0.341 e. The number of imidazole rings is 1. The van der Waals surface area contributed by atoms with Crippen LogP contribution < -0.4 is 10.9 Å². The fraction of sp³-hybridized carbons (Fsp3) is 0.419. The molecule has 3 aromatic heterocycles. The average molecular weight is 508 g/mol. The number of pyridine rings is 2. The second-order valence-corrected chi connectivity index (χ2v) is 11.1. The molecule has 194 valence electrons. The number of benzene rings is 1. The maximum Gasteiger partial charge on any atom is 0.263 e. The van der Waals surface area contributed by atoms with Crippen LogP contribution in [0.2, 0.25) is 0 Å². The molecule has 1 amide bonds. The molecule has 1 unspecified atom stereocenters. The number of fused-ring (bicyclic) bond motifs is 5.